The number of ketones is 3. The molecule has 0 unspecified atom stereocenters. The summed E-state index contributed by atoms with van der Waals surface area (Å²) in [4.78, 5) is 38.7. The van der Waals surface area contributed by atoms with Gasteiger partial charge in [-0.2, -0.15) is 0 Å². The van der Waals surface area contributed by atoms with Crippen molar-refractivity contribution in [3.63, 3.8) is 0 Å². The molecule has 11 atom stereocenters. The average molecular weight is 661 g/mol. The molecule has 0 aromatic heterocycles. The number of hydrogen-bond donors (Lipinski definition) is 2. The molecule has 6 aliphatic rings. The molecule has 6 saturated carbocycles. The number of carbonyl (C=O) groups excluding carboxylic acids is 3. The molecule has 6 aliphatic carbocycles. The van der Waals surface area contributed by atoms with E-state index in [1.165, 1.54) is 0 Å². The molecule has 0 spiro atoms. The van der Waals surface area contributed by atoms with Gasteiger partial charge in [0.15, 0.2) is 9.84 Å². The lowest BCUT2D eigenvalue weighted by Crippen LogP contribution is -2.62. The minimum Gasteiger partial charge on any atom is -0.393 e. The van der Waals surface area contributed by atoms with Crippen molar-refractivity contribution in [2.24, 2.45) is 69.0 Å². The number of aliphatic hydroxyl groups excluding tert-OH is 2. The maximum Gasteiger partial charge on any atom is 0.158 e. The lowest BCUT2D eigenvalue weighted by molar-refractivity contribution is -0.203. The summed E-state index contributed by atoms with van der Waals surface area (Å²) in [6.07, 6.45) is 9.94. The minimum atomic E-state index is -3.91. The molecule has 0 heterocycles. The van der Waals surface area contributed by atoms with E-state index in [0.717, 1.165) is 57.8 Å². The molecule has 2 bridgehead atoms. The fourth-order valence-corrected chi connectivity index (χ4v) is 15.5. The number of carbonyl (C=O) groups is 3. The summed E-state index contributed by atoms with van der Waals surface area (Å²) in [5, 5.41) is 22.5. The molecule has 6 rings (SSSR count). The number of Topliss-reactive ketones (excluding diaryl/α,β-unsaturated/α-hetero) is 3. The zero-order valence-electron chi connectivity index (χ0n) is 29.2. The highest BCUT2D eigenvalue weighted by atomic mass is 32.2. The average Bonchev–Trinajstić information content (AvgIpc) is 3.47. The van der Waals surface area contributed by atoms with E-state index in [2.05, 4.69) is 27.7 Å². The van der Waals surface area contributed by atoms with Crippen molar-refractivity contribution in [1.82, 2.24) is 0 Å². The zero-order valence-corrected chi connectivity index (χ0v) is 30.0. The van der Waals surface area contributed by atoms with Gasteiger partial charge >= 0.3 is 0 Å². The standard InChI is InChI=1S/C38H60O7S/c1-7-26-30-19-24(39)13-15-37(30,6)29-14-16-36(5)27(11-12-28(36)33(29)34(26)43)22(2)9-8-10-25(40)20-46(44,45)21-38-31(41)17-23(18-32(38)42)35(38,3)4/h22-24,26-30,33-34,39,43H,7-21H2,1-6H3/t22-,23?,24-,26-,27-,28+,29+,30+,33+,34-,36-,37-,38?/m1/s1. The topological polar surface area (TPSA) is 126 Å². The van der Waals surface area contributed by atoms with Gasteiger partial charge in [-0.15, -0.1) is 0 Å². The Kier molecular flexibility index (Phi) is 8.87. The van der Waals surface area contributed by atoms with Gasteiger partial charge in [0.1, 0.15) is 28.5 Å². The third-order valence-corrected chi connectivity index (χ3v) is 17.7. The van der Waals surface area contributed by atoms with E-state index < -0.39 is 32.2 Å². The van der Waals surface area contributed by atoms with Crippen LogP contribution < -0.4 is 0 Å². The second kappa shape index (κ2) is 11.7. The Morgan fingerprint density at radius 3 is 2.17 bits per heavy atom. The molecule has 0 radical (unpaired) electrons. The molecule has 0 amide bonds. The van der Waals surface area contributed by atoms with Gasteiger partial charge in [0.25, 0.3) is 0 Å². The molecule has 0 aromatic carbocycles. The van der Waals surface area contributed by atoms with Crippen molar-refractivity contribution < 1.29 is 33.0 Å². The third-order valence-electron chi connectivity index (χ3n) is 16.0. The summed E-state index contributed by atoms with van der Waals surface area (Å²) >= 11 is 0. The Morgan fingerprint density at radius 1 is 0.913 bits per heavy atom. The molecule has 7 nitrogen and oxygen atoms in total. The zero-order chi connectivity index (χ0) is 33.6. The Morgan fingerprint density at radius 2 is 1.54 bits per heavy atom. The summed E-state index contributed by atoms with van der Waals surface area (Å²) in [7, 11) is -3.91. The van der Waals surface area contributed by atoms with Gasteiger partial charge in [0.05, 0.1) is 18.0 Å². The molecule has 8 heteroatoms. The van der Waals surface area contributed by atoms with Crippen LogP contribution in [0.25, 0.3) is 0 Å². The van der Waals surface area contributed by atoms with Gasteiger partial charge in [-0.25, -0.2) is 8.42 Å². The Labute approximate surface area is 277 Å². The fourth-order valence-electron chi connectivity index (χ4n) is 13.4. The van der Waals surface area contributed by atoms with Crippen molar-refractivity contribution in [2.75, 3.05) is 11.5 Å². The molecular formula is C38H60O7S. The molecule has 0 aromatic rings. The fraction of sp³-hybridized carbons (Fsp3) is 0.921. The van der Waals surface area contributed by atoms with E-state index in [0.29, 0.717) is 41.9 Å². The van der Waals surface area contributed by atoms with E-state index in [9.17, 15) is 33.0 Å². The van der Waals surface area contributed by atoms with Crippen molar-refractivity contribution in [3.05, 3.63) is 0 Å². The SMILES string of the molecule is CC[C@H]1[C@@H](O)[C@@H]2[C@H](CC[C@]3(C)[C@@H]([C@H](C)CCCC(=O)CS(=O)(=O)CC45C(=O)CC(CC4=O)C5(C)C)CC[C@@H]23)[C@@]2(C)CC[C@@H](O)C[C@@H]12. The van der Waals surface area contributed by atoms with Crippen LogP contribution in [0.5, 0.6) is 0 Å². The van der Waals surface area contributed by atoms with Gasteiger partial charge < -0.3 is 10.2 Å². The number of fused-ring (bicyclic) bond motifs is 7. The van der Waals surface area contributed by atoms with E-state index in [4.69, 9.17) is 0 Å². The van der Waals surface area contributed by atoms with E-state index in [-0.39, 0.29) is 71.5 Å². The van der Waals surface area contributed by atoms with Crippen LogP contribution >= 0.6 is 0 Å². The van der Waals surface area contributed by atoms with Crippen LogP contribution in [-0.2, 0) is 24.2 Å². The Bertz CT molecular complexity index is 1330. The molecule has 46 heavy (non-hydrogen) atoms. The molecule has 0 saturated heterocycles. The molecule has 260 valence electrons. The first kappa shape index (κ1) is 34.7. The number of sulfone groups is 1. The molecule has 2 N–H and O–H groups in total. The van der Waals surface area contributed by atoms with Crippen molar-refractivity contribution in [2.45, 2.75) is 137 Å². The minimum absolute atomic E-state index is 0.109. The number of aliphatic hydroxyl groups is 2. The summed E-state index contributed by atoms with van der Waals surface area (Å²) in [5.74, 6) is 0.761. The maximum absolute atomic E-state index is 13.2. The summed E-state index contributed by atoms with van der Waals surface area (Å²) in [6, 6.07) is 0. The van der Waals surface area contributed by atoms with Gasteiger partial charge in [-0.1, -0.05) is 54.4 Å². The maximum atomic E-state index is 13.2. The third kappa shape index (κ3) is 5.06. The predicted octanol–water partition coefficient (Wildman–Crippen LogP) is 5.98. The molecule has 6 fully saturated rings. The second-order valence-electron chi connectivity index (χ2n) is 18.1. The van der Waals surface area contributed by atoms with Gasteiger partial charge in [0, 0.05) is 19.3 Å². The van der Waals surface area contributed by atoms with E-state index in [1.54, 1.807) is 0 Å². The Balaban J connectivity index is 1.07. The van der Waals surface area contributed by atoms with Crippen LogP contribution in [0.3, 0.4) is 0 Å². The monoisotopic (exact) mass is 660 g/mol. The first-order valence-corrected chi connectivity index (χ1v) is 20.4. The van der Waals surface area contributed by atoms with E-state index >= 15 is 0 Å². The van der Waals surface area contributed by atoms with E-state index in [1.807, 2.05) is 13.8 Å². The molecular weight excluding hydrogens is 600 g/mol. The lowest BCUT2D eigenvalue weighted by atomic mass is 9.41. The summed E-state index contributed by atoms with van der Waals surface area (Å²) in [6.45, 7) is 13.1. The normalized spacial score (nSPS) is 46.9. The smallest absolute Gasteiger partial charge is 0.158 e. The summed E-state index contributed by atoms with van der Waals surface area (Å²) < 4.78 is 26.4. The van der Waals surface area contributed by atoms with Gasteiger partial charge in [-0.3, -0.25) is 14.4 Å². The number of rotatable bonds is 10. The van der Waals surface area contributed by atoms with Crippen LogP contribution in [0.4, 0.5) is 0 Å². The quantitative estimate of drug-likeness (QED) is 0.276. The van der Waals surface area contributed by atoms with Crippen molar-refractivity contribution in [3.8, 4) is 0 Å². The van der Waals surface area contributed by atoms with Crippen LogP contribution in [0, 0.1) is 69.0 Å². The van der Waals surface area contributed by atoms with Gasteiger partial charge in [-0.05, 0) is 115 Å². The first-order valence-electron chi connectivity index (χ1n) is 18.6. The predicted molar refractivity (Wildman–Crippen MR) is 177 cm³/mol. The highest BCUT2D eigenvalue weighted by Gasteiger charge is 2.70. The highest BCUT2D eigenvalue weighted by molar-refractivity contribution is 7.92. The largest absolute Gasteiger partial charge is 0.393 e. The van der Waals surface area contributed by atoms with Crippen LogP contribution in [0.2, 0.25) is 0 Å². The first-order chi connectivity index (χ1) is 21.4. The van der Waals surface area contributed by atoms with Gasteiger partial charge in [0.2, 0.25) is 0 Å². The van der Waals surface area contributed by atoms with Crippen LogP contribution in [-0.4, -0.2) is 59.7 Å². The highest BCUT2D eigenvalue weighted by Crippen LogP contribution is 2.69. The van der Waals surface area contributed by atoms with Crippen LogP contribution in [0.1, 0.15) is 125 Å². The van der Waals surface area contributed by atoms with Crippen molar-refractivity contribution in [1.29, 1.82) is 0 Å². The lowest BCUT2D eigenvalue weighted by Gasteiger charge is -2.64. The van der Waals surface area contributed by atoms with Crippen molar-refractivity contribution >= 4 is 27.2 Å². The van der Waals surface area contributed by atoms with Crippen LogP contribution in [0.15, 0.2) is 0 Å². The Hall–Kier alpha value is -1.12. The summed E-state index contributed by atoms with van der Waals surface area (Å²) in [5.41, 5.74) is -1.85. The second-order valence-corrected chi connectivity index (χ2v) is 20.2. The number of hydrogen-bond acceptors (Lipinski definition) is 7. The molecule has 0 aliphatic heterocycles.